The van der Waals surface area contributed by atoms with Gasteiger partial charge >= 0.3 is 0 Å². The minimum Gasteiger partial charge on any atom is -0.516 e. The average molecular weight is 397 g/mol. The summed E-state index contributed by atoms with van der Waals surface area (Å²) in [6.07, 6.45) is 34.3. The molecule has 0 bridgehead atoms. The third-order valence-electron chi connectivity index (χ3n) is 5.88. The highest BCUT2D eigenvalue weighted by Crippen LogP contribution is 2.15. The predicted octanol–water partition coefficient (Wildman–Crippen LogP) is 9.02. The van der Waals surface area contributed by atoms with Crippen molar-refractivity contribution in [2.24, 2.45) is 0 Å². The molecule has 0 spiro atoms. The Kier molecular flexibility index (Phi) is 26.0. The summed E-state index contributed by atoms with van der Waals surface area (Å²) in [6.45, 7) is 0.367. The Morgan fingerprint density at radius 1 is 0.357 bits per heavy atom. The fourth-order valence-corrected chi connectivity index (χ4v) is 3.98. The number of rotatable bonds is 24. The van der Waals surface area contributed by atoms with Crippen molar-refractivity contribution in [1.82, 2.24) is 0 Å². The van der Waals surface area contributed by atoms with Crippen molar-refractivity contribution in [3.63, 3.8) is 0 Å². The van der Waals surface area contributed by atoms with Gasteiger partial charge in [-0.1, -0.05) is 134 Å². The van der Waals surface area contributed by atoms with Gasteiger partial charge < -0.3 is 10.2 Å². The zero-order valence-electron chi connectivity index (χ0n) is 19.0. The second-order valence-corrected chi connectivity index (χ2v) is 8.68. The van der Waals surface area contributed by atoms with Crippen LogP contribution in [0.5, 0.6) is 0 Å². The molecule has 0 radical (unpaired) electrons. The van der Waals surface area contributed by atoms with E-state index in [2.05, 4.69) is 0 Å². The molecule has 2 nitrogen and oxygen atoms in total. The predicted molar refractivity (Wildman–Crippen MR) is 125 cm³/mol. The lowest BCUT2D eigenvalue weighted by Crippen LogP contribution is -1.85. The Bertz CT molecular complexity index is 288. The van der Waals surface area contributed by atoms with Gasteiger partial charge in [0.15, 0.2) is 0 Å². The smallest absolute Gasteiger partial charge is 0.0751 e. The molecule has 168 valence electrons. The van der Waals surface area contributed by atoms with Crippen LogP contribution in [-0.4, -0.2) is 16.8 Å². The Morgan fingerprint density at radius 2 is 0.607 bits per heavy atom. The first kappa shape index (κ1) is 27.5. The summed E-state index contributed by atoms with van der Waals surface area (Å²) >= 11 is 0. The first-order valence-corrected chi connectivity index (χ1v) is 12.8. The Hall–Kier alpha value is -0.500. The second kappa shape index (κ2) is 26.5. The maximum Gasteiger partial charge on any atom is 0.0751 e. The van der Waals surface area contributed by atoms with Gasteiger partial charge in [0.05, 0.1) is 6.26 Å². The van der Waals surface area contributed by atoms with E-state index in [1.807, 2.05) is 6.08 Å². The molecule has 2 N–H and O–H groups in total. The van der Waals surface area contributed by atoms with Crippen molar-refractivity contribution in [3.8, 4) is 0 Å². The highest BCUT2D eigenvalue weighted by molar-refractivity contribution is 4.70. The fourth-order valence-electron chi connectivity index (χ4n) is 3.98. The van der Waals surface area contributed by atoms with Gasteiger partial charge in [0.25, 0.3) is 0 Å². The third-order valence-corrected chi connectivity index (χ3v) is 5.88. The summed E-state index contributed by atoms with van der Waals surface area (Å²) < 4.78 is 0. The van der Waals surface area contributed by atoms with Gasteiger partial charge in [0, 0.05) is 6.61 Å². The van der Waals surface area contributed by atoms with Crippen LogP contribution in [0.25, 0.3) is 0 Å². The van der Waals surface area contributed by atoms with Crippen molar-refractivity contribution < 1.29 is 10.2 Å². The molecule has 0 saturated heterocycles. The molecule has 0 aliphatic heterocycles. The SMILES string of the molecule is OC=CCCCCCCCCCCCCCCCCCCCCCCCCO. The van der Waals surface area contributed by atoms with E-state index in [1.165, 1.54) is 141 Å². The van der Waals surface area contributed by atoms with E-state index in [1.54, 1.807) is 0 Å². The molecule has 0 aromatic heterocycles. The molecule has 0 heterocycles. The average Bonchev–Trinajstić information content (AvgIpc) is 2.71. The fraction of sp³-hybridized carbons (Fsp3) is 0.923. The van der Waals surface area contributed by atoms with E-state index >= 15 is 0 Å². The molecule has 28 heavy (non-hydrogen) atoms. The molecule has 0 amide bonds. The van der Waals surface area contributed by atoms with Gasteiger partial charge in [-0.2, -0.15) is 0 Å². The number of aliphatic hydroxyl groups excluding tert-OH is 2. The second-order valence-electron chi connectivity index (χ2n) is 8.68. The zero-order valence-corrected chi connectivity index (χ0v) is 19.0. The van der Waals surface area contributed by atoms with Crippen molar-refractivity contribution in [1.29, 1.82) is 0 Å². The Morgan fingerprint density at radius 3 is 0.857 bits per heavy atom. The standard InChI is InChI=1S/C26H52O2/c27-25-23-21-19-17-15-13-11-9-7-5-3-1-2-4-6-8-10-12-14-16-18-20-22-24-26-28/h23,25,27-28H,1-22,24,26H2. The van der Waals surface area contributed by atoms with E-state index in [0.717, 1.165) is 12.8 Å². The molecule has 2 heteroatoms. The van der Waals surface area contributed by atoms with Gasteiger partial charge in [0.2, 0.25) is 0 Å². The molecule has 0 aliphatic carbocycles. The number of allylic oxidation sites excluding steroid dienone is 1. The Labute approximate surface area is 177 Å². The number of hydrogen-bond donors (Lipinski definition) is 2. The summed E-state index contributed by atoms with van der Waals surface area (Å²) in [5.41, 5.74) is 0. The zero-order chi connectivity index (χ0) is 20.4. The molecule has 0 fully saturated rings. The van der Waals surface area contributed by atoms with E-state index in [-0.39, 0.29) is 0 Å². The topological polar surface area (TPSA) is 40.5 Å². The maximum absolute atomic E-state index is 8.74. The normalized spacial score (nSPS) is 11.6. The van der Waals surface area contributed by atoms with Gasteiger partial charge in [-0.25, -0.2) is 0 Å². The van der Waals surface area contributed by atoms with Crippen LogP contribution < -0.4 is 0 Å². The van der Waals surface area contributed by atoms with Crippen LogP contribution >= 0.6 is 0 Å². The van der Waals surface area contributed by atoms with Crippen molar-refractivity contribution in [2.45, 2.75) is 148 Å². The van der Waals surface area contributed by atoms with Crippen LogP contribution in [0.3, 0.4) is 0 Å². The lowest BCUT2D eigenvalue weighted by molar-refractivity contribution is 0.282. The summed E-state index contributed by atoms with van der Waals surface area (Å²) in [7, 11) is 0. The molecule has 0 atom stereocenters. The summed E-state index contributed by atoms with van der Waals surface area (Å²) in [5, 5.41) is 17.3. The Balaban J connectivity index is 2.98. The van der Waals surface area contributed by atoms with E-state index in [4.69, 9.17) is 10.2 Å². The number of hydrogen-bond acceptors (Lipinski definition) is 2. The first-order valence-electron chi connectivity index (χ1n) is 12.8. The molecular weight excluding hydrogens is 344 g/mol. The van der Waals surface area contributed by atoms with Crippen molar-refractivity contribution >= 4 is 0 Å². The third kappa shape index (κ3) is 25.5. The molecule has 0 unspecified atom stereocenters. The molecular formula is C26H52O2. The van der Waals surface area contributed by atoms with Gasteiger partial charge in [0.1, 0.15) is 0 Å². The highest BCUT2D eigenvalue weighted by Gasteiger charge is 1.95. The maximum atomic E-state index is 8.74. The quantitative estimate of drug-likeness (QED) is 0.126. The molecule has 0 aromatic carbocycles. The molecule has 0 aliphatic rings. The molecule has 0 rings (SSSR count). The lowest BCUT2D eigenvalue weighted by Gasteiger charge is -2.04. The van der Waals surface area contributed by atoms with Gasteiger partial charge in [-0.3, -0.25) is 0 Å². The number of aliphatic hydroxyl groups is 2. The summed E-state index contributed by atoms with van der Waals surface area (Å²) in [6, 6.07) is 0. The van der Waals surface area contributed by atoms with Gasteiger partial charge in [-0.05, 0) is 19.3 Å². The van der Waals surface area contributed by atoms with Crippen LogP contribution in [0.1, 0.15) is 148 Å². The van der Waals surface area contributed by atoms with Crippen molar-refractivity contribution in [2.75, 3.05) is 6.61 Å². The van der Waals surface area contributed by atoms with E-state index in [0.29, 0.717) is 6.61 Å². The number of unbranched alkanes of at least 4 members (excludes halogenated alkanes) is 22. The van der Waals surface area contributed by atoms with Crippen LogP contribution in [0.15, 0.2) is 12.3 Å². The van der Waals surface area contributed by atoms with Gasteiger partial charge in [-0.15, -0.1) is 0 Å². The van der Waals surface area contributed by atoms with Crippen LogP contribution in [-0.2, 0) is 0 Å². The van der Waals surface area contributed by atoms with E-state index < -0.39 is 0 Å². The summed E-state index contributed by atoms with van der Waals surface area (Å²) in [5.74, 6) is 0. The van der Waals surface area contributed by atoms with Crippen LogP contribution in [0, 0.1) is 0 Å². The molecule has 0 saturated carbocycles. The molecule has 0 aromatic rings. The minimum atomic E-state index is 0.367. The summed E-state index contributed by atoms with van der Waals surface area (Å²) in [4.78, 5) is 0. The van der Waals surface area contributed by atoms with Crippen LogP contribution in [0.2, 0.25) is 0 Å². The first-order chi connectivity index (χ1) is 13.9. The monoisotopic (exact) mass is 396 g/mol. The van der Waals surface area contributed by atoms with E-state index in [9.17, 15) is 0 Å². The van der Waals surface area contributed by atoms with Crippen molar-refractivity contribution in [3.05, 3.63) is 12.3 Å². The lowest BCUT2D eigenvalue weighted by atomic mass is 10.0. The largest absolute Gasteiger partial charge is 0.516 e. The van der Waals surface area contributed by atoms with Crippen LogP contribution in [0.4, 0.5) is 0 Å². The minimum absolute atomic E-state index is 0.367. The highest BCUT2D eigenvalue weighted by atomic mass is 16.3.